The average Bonchev–Trinajstić information content (AvgIpc) is 2.47. The summed E-state index contributed by atoms with van der Waals surface area (Å²) in [5, 5.41) is 8.93. The van der Waals surface area contributed by atoms with Gasteiger partial charge in [-0.05, 0) is 18.1 Å². The van der Waals surface area contributed by atoms with Gasteiger partial charge in [0.25, 0.3) is 0 Å². The molecule has 1 aromatic carbocycles. The van der Waals surface area contributed by atoms with Gasteiger partial charge in [-0.1, -0.05) is 38.6 Å². The van der Waals surface area contributed by atoms with Crippen LogP contribution in [0.4, 0.5) is 5.69 Å². The second-order valence-corrected chi connectivity index (χ2v) is 4.82. The van der Waals surface area contributed by atoms with Crippen molar-refractivity contribution in [1.82, 2.24) is 0 Å². The number of anilines is 1. The van der Waals surface area contributed by atoms with Gasteiger partial charge in [0.15, 0.2) is 0 Å². The molecule has 0 saturated carbocycles. The minimum atomic E-state index is 0.00600. The third-order valence-electron chi connectivity index (χ3n) is 3.46. The summed E-state index contributed by atoms with van der Waals surface area (Å²) in [6.07, 6.45) is 0.781. The lowest BCUT2D eigenvalue weighted by atomic mass is 9.84. The first-order chi connectivity index (χ1) is 7.59. The molecule has 2 rings (SSSR count). The molecule has 2 nitrogen and oxygen atoms in total. The van der Waals surface area contributed by atoms with E-state index >= 15 is 0 Å². The molecule has 1 N–H and O–H groups in total. The number of nitrogens with zero attached hydrogens (tertiary/aromatic N) is 1. The van der Waals surface area contributed by atoms with Crippen LogP contribution in [0.15, 0.2) is 36.5 Å². The summed E-state index contributed by atoms with van der Waals surface area (Å²) in [5.74, 6) is 0. The van der Waals surface area contributed by atoms with Gasteiger partial charge in [0.05, 0.1) is 0 Å². The molecule has 2 heteroatoms. The van der Waals surface area contributed by atoms with E-state index < -0.39 is 0 Å². The highest BCUT2D eigenvalue weighted by Gasteiger charge is 2.37. The second-order valence-electron chi connectivity index (χ2n) is 4.82. The quantitative estimate of drug-likeness (QED) is 0.841. The summed E-state index contributed by atoms with van der Waals surface area (Å²) in [4.78, 5) is 2.23. The molecule has 0 atom stereocenters. The van der Waals surface area contributed by atoms with Gasteiger partial charge in [0.1, 0.15) is 0 Å². The molecule has 16 heavy (non-hydrogen) atoms. The molecule has 0 bridgehead atoms. The van der Waals surface area contributed by atoms with E-state index in [-0.39, 0.29) is 12.0 Å². The SMILES string of the molecule is C=C1N(CCCO)c2ccccc2C1(C)C. The van der Waals surface area contributed by atoms with E-state index in [4.69, 9.17) is 5.11 Å². The Morgan fingerprint density at radius 1 is 1.31 bits per heavy atom. The Hall–Kier alpha value is -1.28. The van der Waals surface area contributed by atoms with Crippen molar-refractivity contribution in [3.63, 3.8) is 0 Å². The molecule has 0 saturated heterocycles. The minimum absolute atomic E-state index is 0.00600. The number of aliphatic hydroxyl groups is 1. The Labute approximate surface area is 97.2 Å². The molecule has 0 aromatic heterocycles. The molecule has 86 valence electrons. The molecule has 1 aliphatic heterocycles. The number of para-hydroxylation sites is 1. The molecule has 1 aromatic rings. The predicted molar refractivity (Wildman–Crippen MR) is 67.7 cm³/mol. The second kappa shape index (κ2) is 3.95. The lowest BCUT2D eigenvalue weighted by Crippen LogP contribution is -2.26. The number of allylic oxidation sites excluding steroid dienone is 1. The maximum absolute atomic E-state index is 8.93. The average molecular weight is 217 g/mol. The van der Waals surface area contributed by atoms with E-state index in [1.807, 2.05) is 0 Å². The van der Waals surface area contributed by atoms with Crippen molar-refractivity contribution < 1.29 is 5.11 Å². The van der Waals surface area contributed by atoms with Crippen LogP contribution in [0.25, 0.3) is 0 Å². The van der Waals surface area contributed by atoms with E-state index in [9.17, 15) is 0 Å². The molecular formula is C14H19NO. The van der Waals surface area contributed by atoms with E-state index in [1.54, 1.807) is 0 Å². The van der Waals surface area contributed by atoms with Crippen LogP contribution in [0.1, 0.15) is 25.8 Å². The standard InChI is InChI=1S/C14H19NO/c1-11-14(2,3)12-7-4-5-8-13(12)15(11)9-6-10-16/h4-5,7-8,16H,1,6,9-10H2,2-3H3. The summed E-state index contributed by atoms with van der Waals surface area (Å²) in [7, 11) is 0. The summed E-state index contributed by atoms with van der Waals surface area (Å²) >= 11 is 0. The fourth-order valence-electron chi connectivity index (χ4n) is 2.36. The van der Waals surface area contributed by atoms with Crippen LogP contribution >= 0.6 is 0 Å². The van der Waals surface area contributed by atoms with Crippen LogP contribution in [0.2, 0.25) is 0 Å². The number of aliphatic hydroxyl groups excluding tert-OH is 1. The molecule has 0 spiro atoms. The lowest BCUT2D eigenvalue weighted by molar-refractivity contribution is 0.290. The molecule has 1 heterocycles. The Morgan fingerprint density at radius 3 is 2.69 bits per heavy atom. The minimum Gasteiger partial charge on any atom is -0.396 e. The van der Waals surface area contributed by atoms with E-state index in [2.05, 4.69) is 49.6 Å². The number of hydrogen-bond donors (Lipinski definition) is 1. The third-order valence-corrected chi connectivity index (χ3v) is 3.46. The number of hydrogen-bond acceptors (Lipinski definition) is 2. The molecule has 0 amide bonds. The smallest absolute Gasteiger partial charge is 0.0450 e. The molecule has 1 aliphatic rings. The van der Waals surface area contributed by atoms with Gasteiger partial charge in [-0.3, -0.25) is 0 Å². The maximum atomic E-state index is 8.93. The van der Waals surface area contributed by atoms with Crippen LogP contribution < -0.4 is 4.90 Å². The summed E-state index contributed by atoms with van der Waals surface area (Å²) in [6, 6.07) is 8.43. The van der Waals surface area contributed by atoms with Crippen molar-refractivity contribution in [1.29, 1.82) is 0 Å². The zero-order chi connectivity index (χ0) is 11.8. The van der Waals surface area contributed by atoms with Crippen LogP contribution in [-0.2, 0) is 5.41 Å². The monoisotopic (exact) mass is 217 g/mol. The summed E-state index contributed by atoms with van der Waals surface area (Å²) in [5.41, 5.74) is 3.71. The van der Waals surface area contributed by atoms with Crippen molar-refractivity contribution in [3.05, 3.63) is 42.1 Å². The highest BCUT2D eigenvalue weighted by molar-refractivity contribution is 5.69. The Kier molecular flexibility index (Phi) is 2.76. The largest absolute Gasteiger partial charge is 0.396 e. The van der Waals surface area contributed by atoms with E-state index in [1.165, 1.54) is 11.3 Å². The van der Waals surface area contributed by atoms with Gasteiger partial charge in [0, 0.05) is 30.0 Å². The Bertz CT molecular complexity index is 409. The van der Waals surface area contributed by atoms with Crippen LogP contribution in [0, 0.1) is 0 Å². The van der Waals surface area contributed by atoms with Gasteiger partial charge in [-0.2, -0.15) is 0 Å². The highest BCUT2D eigenvalue weighted by Crippen LogP contribution is 2.46. The summed E-state index contributed by atoms with van der Waals surface area (Å²) in [6.45, 7) is 9.67. The fraction of sp³-hybridized carbons (Fsp3) is 0.429. The zero-order valence-electron chi connectivity index (χ0n) is 10.0. The van der Waals surface area contributed by atoms with Gasteiger partial charge < -0.3 is 10.0 Å². The van der Waals surface area contributed by atoms with Crippen molar-refractivity contribution in [2.24, 2.45) is 0 Å². The molecular weight excluding hydrogens is 198 g/mol. The lowest BCUT2D eigenvalue weighted by Gasteiger charge is -2.25. The third kappa shape index (κ3) is 1.54. The summed E-state index contributed by atoms with van der Waals surface area (Å²) < 4.78 is 0. The van der Waals surface area contributed by atoms with Gasteiger partial charge in [0.2, 0.25) is 0 Å². The van der Waals surface area contributed by atoms with Crippen molar-refractivity contribution in [2.45, 2.75) is 25.7 Å². The van der Waals surface area contributed by atoms with Gasteiger partial charge >= 0.3 is 0 Å². The van der Waals surface area contributed by atoms with E-state index in [0.29, 0.717) is 0 Å². The molecule has 0 radical (unpaired) electrons. The first-order valence-corrected chi connectivity index (χ1v) is 5.76. The molecule has 0 aliphatic carbocycles. The number of fused-ring (bicyclic) bond motifs is 1. The number of benzene rings is 1. The van der Waals surface area contributed by atoms with Gasteiger partial charge in [-0.25, -0.2) is 0 Å². The zero-order valence-corrected chi connectivity index (χ0v) is 10.0. The normalized spacial score (nSPS) is 17.7. The first kappa shape index (κ1) is 11.2. The van der Waals surface area contributed by atoms with Crippen molar-refractivity contribution >= 4 is 5.69 Å². The topological polar surface area (TPSA) is 23.5 Å². The molecule has 0 fully saturated rings. The van der Waals surface area contributed by atoms with Gasteiger partial charge in [-0.15, -0.1) is 0 Å². The van der Waals surface area contributed by atoms with Crippen LogP contribution in [0.3, 0.4) is 0 Å². The van der Waals surface area contributed by atoms with Crippen molar-refractivity contribution in [3.8, 4) is 0 Å². The predicted octanol–water partition coefficient (Wildman–Crippen LogP) is 2.68. The number of rotatable bonds is 3. The van der Waals surface area contributed by atoms with Crippen LogP contribution in [-0.4, -0.2) is 18.3 Å². The molecule has 0 unspecified atom stereocenters. The first-order valence-electron chi connectivity index (χ1n) is 5.76. The fourth-order valence-corrected chi connectivity index (χ4v) is 2.36. The highest BCUT2D eigenvalue weighted by atomic mass is 16.3. The van der Waals surface area contributed by atoms with E-state index in [0.717, 1.165) is 18.7 Å². The van der Waals surface area contributed by atoms with Crippen molar-refractivity contribution in [2.75, 3.05) is 18.1 Å². The van der Waals surface area contributed by atoms with Crippen LogP contribution in [0.5, 0.6) is 0 Å². The maximum Gasteiger partial charge on any atom is 0.0450 e. The Morgan fingerprint density at radius 2 is 2.00 bits per heavy atom. The Balaban J connectivity index is 2.39.